The van der Waals surface area contributed by atoms with Crippen LogP contribution in [0.5, 0.6) is 0 Å². The zero-order valence-corrected chi connectivity index (χ0v) is 18.4. The molecule has 0 radical (unpaired) electrons. The van der Waals surface area contributed by atoms with Crippen molar-refractivity contribution in [1.29, 1.82) is 0 Å². The molecular formula is C19H30IN5O2. The van der Waals surface area contributed by atoms with Crippen molar-refractivity contribution in [2.24, 2.45) is 4.99 Å². The number of aliphatic imine (C=N–C) groups is 1. The standard InChI is InChI=1S/C19H29N5O2.HI/c1-3-15-12-16(26-23-15)13-21-19(20-2)22-14-17(18-8-7-11-25-18)24-9-5-4-6-10-24;/h7-8,11-12,17H,3-6,9-10,13-14H2,1-2H3,(H2,20,21,22);1H. The fraction of sp³-hybridized carbons (Fsp3) is 0.579. The Balaban J connectivity index is 0.00000261. The van der Waals surface area contributed by atoms with E-state index in [9.17, 15) is 0 Å². The lowest BCUT2D eigenvalue weighted by Gasteiger charge is -2.33. The molecule has 1 saturated heterocycles. The third-order valence-corrected chi connectivity index (χ3v) is 4.79. The summed E-state index contributed by atoms with van der Waals surface area (Å²) in [5, 5.41) is 10.7. The van der Waals surface area contributed by atoms with E-state index in [0.717, 1.165) is 49.2 Å². The van der Waals surface area contributed by atoms with Crippen LogP contribution in [0.2, 0.25) is 0 Å². The van der Waals surface area contributed by atoms with Crippen LogP contribution in [0.3, 0.4) is 0 Å². The summed E-state index contributed by atoms with van der Waals surface area (Å²) in [5.41, 5.74) is 0.965. The van der Waals surface area contributed by atoms with Crippen LogP contribution in [0.25, 0.3) is 0 Å². The van der Waals surface area contributed by atoms with Crippen LogP contribution >= 0.6 is 24.0 Å². The molecule has 2 aromatic rings. The number of rotatable bonds is 7. The van der Waals surface area contributed by atoms with Gasteiger partial charge >= 0.3 is 0 Å². The van der Waals surface area contributed by atoms with Crippen molar-refractivity contribution in [2.45, 2.75) is 45.2 Å². The topological polar surface area (TPSA) is 78.8 Å². The van der Waals surface area contributed by atoms with Gasteiger partial charge in [0.2, 0.25) is 0 Å². The highest BCUT2D eigenvalue weighted by Crippen LogP contribution is 2.24. The monoisotopic (exact) mass is 487 g/mol. The van der Waals surface area contributed by atoms with Crippen LogP contribution in [0.15, 0.2) is 38.4 Å². The second-order valence-corrected chi connectivity index (χ2v) is 6.57. The Morgan fingerprint density at radius 2 is 2.11 bits per heavy atom. The molecule has 0 amide bonds. The first-order valence-corrected chi connectivity index (χ1v) is 9.46. The van der Waals surface area contributed by atoms with E-state index >= 15 is 0 Å². The molecule has 0 bridgehead atoms. The van der Waals surface area contributed by atoms with Gasteiger partial charge in [-0.15, -0.1) is 24.0 Å². The maximum absolute atomic E-state index is 5.69. The Labute approximate surface area is 178 Å². The fourth-order valence-electron chi connectivity index (χ4n) is 3.31. The molecule has 8 heteroatoms. The van der Waals surface area contributed by atoms with Gasteiger partial charge in [-0.25, -0.2) is 0 Å². The Kier molecular flexibility index (Phi) is 9.12. The van der Waals surface area contributed by atoms with E-state index in [4.69, 9.17) is 8.94 Å². The van der Waals surface area contributed by atoms with Gasteiger partial charge in [0.15, 0.2) is 11.7 Å². The minimum atomic E-state index is 0. The van der Waals surface area contributed by atoms with E-state index in [1.54, 1.807) is 13.3 Å². The first-order valence-electron chi connectivity index (χ1n) is 9.46. The predicted octanol–water partition coefficient (Wildman–Crippen LogP) is 3.34. The number of likely N-dealkylation sites (tertiary alicyclic amines) is 1. The van der Waals surface area contributed by atoms with Crippen LogP contribution in [0.4, 0.5) is 0 Å². The molecule has 1 aliphatic rings. The van der Waals surface area contributed by atoms with Crippen molar-refractivity contribution in [3.8, 4) is 0 Å². The van der Waals surface area contributed by atoms with E-state index in [2.05, 4.69) is 38.7 Å². The second kappa shape index (κ2) is 11.3. The molecule has 0 saturated carbocycles. The molecule has 0 aliphatic carbocycles. The van der Waals surface area contributed by atoms with Gasteiger partial charge in [-0.05, 0) is 44.5 Å². The number of guanidine groups is 1. The van der Waals surface area contributed by atoms with Crippen molar-refractivity contribution in [3.63, 3.8) is 0 Å². The van der Waals surface area contributed by atoms with Gasteiger partial charge in [0, 0.05) is 19.7 Å². The molecule has 1 aliphatic heterocycles. The molecule has 0 aromatic carbocycles. The average molecular weight is 487 g/mol. The van der Waals surface area contributed by atoms with Gasteiger partial charge in [0.25, 0.3) is 0 Å². The maximum atomic E-state index is 5.69. The molecule has 150 valence electrons. The van der Waals surface area contributed by atoms with Crippen LogP contribution in [-0.2, 0) is 13.0 Å². The number of halogens is 1. The molecule has 2 N–H and O–H groups in total. The van der Waals surface area contributed by atoms with Crippen molar-refractivity contribution in [3.05, 3.63) is 41.7 Å². The van der Waals surface area contributed by atoms with Crippen LogP contribution in [-0.4, -0.2) is 42.7 Å². The zero-order valence-electron chi connectivity index (χ0n) is 16.1. The van der Waals surface area contributed by atoms with Gasteiger partial charge in [0.05, 0.1) is 24.5 Å². The molecule has 3 heterocycles. The molecule has 7 nitrogen and oxygen atoms in total. The summed E-state index contributed by atoms with van der Waals surface area (Å²) in [6, 6.07) is 6.19. The summed E-state index contributed by atoms with van der Waals surface area (Å²) in [5.74, 6) is 2.55. The Bertz CT molecular complexity index is 680. The van der Waals surface area contributed by atoms with Crippen LogP contribution in [0.1, 0.15) is 49.4 Å². The molecule has 3 rings (SSSR count). The molecule has 1 fully saturated rings. The lowest BCUT2D eigenvalue weighted by molar-refractivity contribution is 0.146. The number of hydrogen-bond donors (Lipinski definition) is 2. The van der Waals surface area contributed by atoms with Gasteiger partial charge < -0.3 is 19.6 Å². The Morgan fingerprint density at radius 1 is 1.30 bits per heavy atom. The Morgan fingerprint density at radius 3 is 2.74 bits per heavy atom. The zero-order chi connectivity index (χ0) is 18.2. The summed E-state index contributed by atoms with van der Waals surface area (Å²) in [7, 11) is 1.77. The molecule has 1 unspecified atom stereocenters. The lowest BCUT2D eigenvalue weighted by Crippen LogP contribution is -2.44. The third-order valence-electron chi connectivity index (χ3n) is 4.79. The smallest absolute Gasteiger partial charge is 0.191 e. The Hall–Kier alpha value is -1.55. The van der Waals surface area contributed by atoms with Gasteiger partial charge in [-0.1, -0.05) is 18.5 Å². The number of aromatic nitrogens is 1. The fourth-order valence-corrected chi connectivity index (χ4v) is 3.31. The number of furan rings is 1. The van der Waals surface area contributed by atoms with E-state index in [-0.39, 0.29) is 30.0 Å². The second-order valence-electron chi connectivity index (χ2n) is 6.57. The van der Waals surface area contributed by atoms with Crippen molar-refractivity contribution in [2.75, 3.05) is 26.7 Å². The minimum Gasteiger partial charge on any atom is -0.468 e. The quantitative estimate of drug-likeness (QED) is 0.355. The van der Waals surface area contributed by atoms with Crippen molar-refractivity contribution in [1.82, 2.24) is 20.7 Å². The predicted molar refractivity (Wildman–Crippen MR) is 116 cm³/mol. The summed E-state index contributed by atoms with van der Waals surface area (Å²) in [4.78, 5) is 6.80. The molecular weight excluding hydrogens is 457 g/mol. The first kappa shape index (κ1) is 21.7. The van der Waals surface area contributed by atoms with Gasteiger partial charge in [-0.3, -0.25) is 9.89 Å². The molecule has 0 spiro atoms. The number of nitrogens with zero attached hydrogens (tertiary/aromatic N) is 3. The van der Waals surface area contributed by atoms with Crippen LogP contribution in [0, 0.1) is 0 Å². The largest absolute Gasteiger partial charge is 0.468 e. The highest BCUT2D eigenvalue weighted by Gasteiger charge is 2.24. The average Bonchev–Trinajstić information content (AvgIpc) is 3.37. The lowest BCUT2D eigenvalue weighted by atomic mass is 10.1. The van der Waals surface area contributed by atoms with Crippen molar-refractivity contribution < 1.29 is 8.94 Å². The summed E-state index contributed by atoms with van der Waals surface area (Å²) in [6.45, 7) is 5.57. The van der Waals surface area contributed by atoms with E-state index in [1.807, 2.05) is 12.1 Å². The highest BCUT2D eigenvalue weighted by atomic mass is 127. The minimum absolute atomic E-state index is 0. The number of piperidine rings is 1. The first-order chi connectivity index (χ1) is 12.8. The van der Waals surface area contributed by atoms with Crippen molar-refractivity contribution >= 4 is 29.9 Å². The van der Waals surface area contributed by atoms with Gasteiger partial charge in [-0.2, -0.15) is 0 Å². The summed E-state index contributed by atoms with van der Waals surface area (Å²) in [6.07, 6.45) is 6.42. The van der Waals surface area contributed by atoms with Crippen LogP contribution < -0.4 is 10.6 Å². The normalized spacial score (nSPS) is 16.6. The number of nitrogens with one attached hydrogen (secondary N) is 2. The molecule has 2 aromatic heterocycles. The maximum Gasteiger partial charge on any atom is 0.191 e. The van der Waals surface area contributed by atoms with E-state index in [1.165, 1.54) is 19.3 Å². The third kappa shape index (κ3) is 6.24. The molecule has 1 atom stereocenters. The highest BCUT2D eigenvalue weighted by molar-refractivity contribution is 14.0. The summed E-state index contributed by atoms with van der Waals surface area (Å²) < 4.78 is 11.0. The van der Waals surface area contributed by atoms with E-state index < -0.39 is 0 Å². The number of aryl methyl sites for hydroxylation is 1. The molecule has 27 heavy (non-hydrogen) atoms. The SMILES string of the molecule is CCc1cc(CNC(=NC)NCC(c2ccco2)N2CCCCC2)on1.I. The summed E-state index contributed by atoms with van der Waals surface area (Å²) >= 11 is 0. The van der Waals surface area contributed by atoms with E-state index in [0.29, 0.717) is 6.54 Å². The van der Waals surface area contributed by atoms with Gasteiger partial charge in [0.1, 0.15) is 5.76 Å². The number of hydrogen-bond acceptors (Lipinski definition) is 5.